The zero-order chi connectivity index (χ0) is 17.4. The van der Waals surface area contributed by atoms with Crippen molar-refractivity contribution in [3.8, 4) is 0 Å². The van der Waals surface area contributed by atoms with E-state index < -0.39 is 0 Å². The van der Waals surface area contributed by atoms with Gasteiger partial charge < -0.3 is 19.5 Å². The van der Waals surface area contributed by atoms with Crippen LogP contribution in [0.5, 0.6) is 0 Å². The van der Waals surface area contributed by atoms with Crippen LogP contribution in [0.15, 0.2) is 20.3 Å². The topological polar surface area (TPSA) is 56.8 Å². The summed E-state index contributed by atoms with van der Waals surface area (Å²) >= 11 is 14.0. The normalized spacial score (nSPS) is 11.3. The first-order valence-electron chi connectivity index (χ1n) is 7.50. The van der Waals surface area contributed by atoms with Gasteiger partial charge in [0.2, 0.25) is 0 Å². The minimum atomic E-state index is 0.200. The molecule has 4 nitrogen and oxygen atoms in total. The van der Waals surface area contributed by atoms with Gasteiger partial charge in [0.05, 0.1) is 26.9 Å². The molecule has 0 saturated carbocycles. The zero-order valence-corrected chi connectivity index (χ0v) is 17.9. The van der Waals surface area contributed by atoms with E-state index in [4.69, 9.17) is 26.8 Å². The maximum Gasteiger partial charge on any atom is 0.197 e. The summed E-state index contributed by atoms with van der Waals surface area (Å²) in [6.45, 7) is 2.06. The molecule has 2 N–H and O–H groups in total. The van der Waals surface area contributed by atoms with Crippen molar-refractivity contribution in [2.24, 2.45) is 0 Å². The van der Waals surface area contributed by atoms with Gasteiger partial charge in [-0.05, 0) is 15.9 Å². The van der Waals surface area contributed by atoms with Crippen molar-refractivity contribution in [1.29, 1.82) is 0 Å². The van der Waals surface area contributed by atoms with Gasteiger partial charge in [0.15, 0.2) is 11.5 Å². The summed E-state index contributed by atoms with van der Waals surface area (Å²) in [6, 6.07) is 1.92. The van der Waals surface area contributed by atoms with Gasteiger partial charge in [0.25, 0.3) is 0 Å². The van der Waals surface area contributed by atoms with Gasteiger partial charge in [-0.25, -0.2) is 0 Å². The van der Waals surface area contributed by atoms with Gasteiger partial charge >= 0.3 is 0 Å². The Bertz CT molecular complexity index is 679. The Balaban J connectivity index is 2.14. The molecule has 0 unspecified atom stereocenters. The molecule has 2 aromatic heterocycles. The molecular formula is C15H20BrNO3S4. The average molecular weight is 471 g/mol. The molecule has 24 heavy (non-hydrogen) atoms. The van der Waals surface area contributed by atoms with Crippen molar-refractivity contribution in [1.82, 2.24) is 0 Å². The number of nitrogens with zero attached hydrogens (tertiary/aromatic N) is 1. The minimum absolute atomic E-state index is 0.200. The predicted molar refractivity (Wildman–Crippen MR) is 114 cm³/mol. The van der Waals surface area contributed by atoms with Gasteiger partial charge in [0.1, 0.15) is 0 Å². The molecule has 0 saturated heterocycles. The van der Waals surface area contributed by atoms with Gasteiger partial charge in [-0.1, -0.05) is 12.2 Å². The number of thiophene rings is 1. The molecule has 0 aliphatic rings. The number of rotatable bonds is 11. The Kier molecular flexibility index (Phi) is 9.46. The molecule has 2 aromatic rings. The molecule has 9 heteroatoms. The molecule has 0 atom stereocenters. The predicted octanol–water partition coefficient (Wildman–Crippen LogP) is 4.24. The number of anilines is 1. The van der Waals surface area contributed by atoms with Crippen LogP contribution >= 0.6 is 63.0 Å². The van der Waals surface area contributed by atoms with Crippen molar-refractivity contribution in [2.45, 2.75) is 0 Å². The van der Waals surface area contributed by atoms with Crippen LogP contribution in [0.3, 0.4) is 0 Å². The SMILES string of the molecule is OCCSCCN(CCSCCO)c1cc(=S)c2scc(Br)c2o1. The molecule has 0 aromatic carbocycles. The van der Waals surface area contributed by atoms with Crippen LogP contribution in [-0.4, -0.2) is 59.5 Å². The summed E-state index contributed by atoms with van der Waals surface area (Å²) in [5.74, 6) is 4.09. The largest absolute Gasteiger partial charge is 0.438 e. The molecule has 0 bridgehead atoms. The first-order chi connectivity index (χ1) is 11.7. The quantitative estimate of drug-likeness (QED) is 0.376. The maximum atomic E-state index is 8.91. The van der Waals surface area contributed by atoms with Crippen LogP contribution in [0.2, 0.25) is 0 Å². The fraction of sp³-hybridized carbons (Fsp3) is 0.533. The highest BCUT2D eigenvalue weighted by Gasteiger charge is 2.13. The number of hydrogen-bond donors (Lipinski definition) is 2. The second-order valence-corrected chi connectivity index (χ2v) is 9.47. The lowest BCUT2D eigenvalue weighted by molar-refractivity contribution is 0.322. The second kappa shape index (κ2) is 11.1. The monoisotopic (exact) mass is 469 g/mol. The Morgan fingerprint density at radius 3 is 2.33 bits per heavy atom. The first-order valence-corrected chi connectivity index (χ1v) is 11.9. The lowest BCUT2D eigenvalue weighted by atomic mass is 10.4. The summed E-state index contributed by atoms with van der Waals surface area (Å²) in [5.41, 5.74) is 0.804. The van der Waals surface area contributed by atoms with E-state index >= 15 is 0 Å². The van der Waals surface area contributed by atoms with Crippen LogP contribution < -0.4 is 4.90 Å². The van der Waals surface area contributed by atoms with E-state index in [1.165, 1.54) is 0 Å². The van der Waals surface area contributed by atoms with Crippen molar-refractivity contribution in [3.05, 3.63) is 20.4 Å². The van der Waals surface area contributed by atoms with E-state index in [2.05, 4.69) is 20.8 Å². The van der Waals surface area contributed by atoms with Gasteiger partial charge in [-0.15, -0.1) is 11.3 Å². The van der Waals surface area contributed by atoms with E-state index in [0.717, 1.165) is 61.3 Å². The maximum absolute atomic E-state index is 8.91. The van der Waals surface area contributed by atoms with E-state index in [1.54, 1.807) is 34.9 Å². The summed E-state index contributed by atoms with van der Waals surface area (Å²) in [5, 5.41) is 19.8. The first kappa shape index (κ1) is 20.5. The number of fused-ring (bicyclic) bond motifs is 1. The summed E-state index contributed by atoms with van der Waals surface area (Å²) in [4.78, 5) is 2.19. The molecular weight excluding hydrogens is 450 g/mol. The molecule has 0 fully saturated rings. The fourth-order valence-electron chi connectivity index (χ4n) is 2.07. The molecule has 0 spiro atoms. The third kappa shape index (κ3) is 5.89. The molecule has 0 aliphatic heterocycles. The second-order valence-electron chi connectivity index (χ2n) is 4.85. The average Bonchev–Trinajstić information content (AvgIpc) is 2.95. The molecule has 0 aliphatic carbocycles. The molecule has 2 rings (SSSR count). The Morgan fingerprint density at radius 1 is 1.12 bits per heavy atom. The number of aliphatic hydroxyl groups is 2. The Hall–Kier alpha value is 0.230. The summed E-state index contributed by atoms with van der Waals surface area (Å²) in [6.07, 6.45) is 0. The number of thioether (sulfide) groups is 2. The highest BCUT2D eigenvalue weighted by molar-refractivity contribution is 9.10. The van der Waals surface area contributed by atoms with Gasteiger partial charge in [0, 0.05) is 47.5 Å². The van der Waals surface area contributed by atoms with Crippen molar-refractivity contribution >= 4 is 79.2 Å². The molecule has 0 radical (unpaired) electrons. The van der Waals surface area contributed by atoms with E-state index in [-0.39, 0.29) is 13.2 Å². The lowest BCUT2D eigenvalue weighted by Crippen LogP contribution is -2.28. The van der Waals surface area contributed by atoms with Crippen molar-refractivity contribution in [2.75, 3.05) is 54.2 Å². The Labute approximate surface area is 167 Å². The highest BCUT2D eigenvalue weighted by atomic mass is 79.9. The van der Waals surface area contributed by atoms with Crippen molar-refractivity contribution < 1.29 is 14.6 Å². The van der Waals surface area contributed by atoms with Crippen LogP contribution in [0.4, 0.5) is 5.88 Å². The van der Waals surface area contributed by atoms with Crippen LogP contribution in [0.25, 0.3) is 10.3 Å². The molecule has 0 amide bonds. The third-order valence-electron chi connectivity index (χ3n) is 3.18. The van der Waals surface area contributed by atoms with Gasteiger partial charge in [-0.3, -0.25) is 0 Å². The van der Waals surface area contributed by atoms with Crippen LogP contribution in [-0.2, 0) is 0 Å². The number of halogens is 1. The Morgan fingerprint density at radius 2 is 1.75 bits per heavy atom. The van der Waals surface area contributed by atoms with Crippen LogP contribution in [0.1, 0.15) is 0 Å². The van der Waals surface area contributed by atoms with E-state index in [1.807, 2.05) is 11.4 Å². The number of aliphatic hydroxyl groups excluding tert-OH is 2. The molecule has 2 heterocycles. The highest BCUT2D eigenvalue weighted by Crippen LogP contribution is 2.34. The summed E-state index contributed by atoms with van der Waals surface area (Å²) in [7, 11) is 0. The third-order valence-corrected chi connectivity index (χ3v) is 7.41. The standard InChI is InChI=1S/C15H20BrNO3S4/c16-11-10-24-15-12(21)9-13(20-14(11)15)17(1-5-22-7-3-18)2-6-23-8-4-19/h9-10,18-19H,1-8H2. The van der Waals surface area contributed by atoms with Crippen molar-refractivity contribution in [3.63, 3.8) is 0 Å². The van der Waals surface area contributed by atoms with Gasteiger partial charge in [-0.2, -0.15) is 23.5 Å². The fourth-order valence-corrected chi connectivity index (χ4v) is 5.23. The summed E-state index contributed by atoms with van der Waals surface area (Å²) < 4.78 is 8.82. The lowest BCUT2D eigenvalue weighted by Gasteiger charge is -2.23. The minimum Gasteiger partial charge on any atom is -0.438 e. The van der Waals surface area contributed by atoms with E-state index in [0.29, 0.717) is 0 Å². The smallest absolute Gasteiger partial charge is 0.197 e. The van der Waals surface area contributed by atoms with Crippen LogP contribution in [0, 0.1) is 4.51 Å². The number of hydrogen-bond acceptors (Lipinski definition) is 8. The zero-order valence-electron chi connectivity index (χ0n) is 13.1. The molecule has 134 valence electrons. The van der Waals surface area contributed by atoms with E-state index in [9.17, 15) is 0 Å².